The maximum atomic E-state index is 12.7. The summed E-state index contributed by atoms with van der Waals surface area (Å²) in [5.41, 5.74) is 1.17. The van der Waals surface area contributed by atoms with E-state index < -0.39 is 0 Å². The topological polar surface area (TPSA) is 12.0 Å². The van der Waals surface area contributed by atoms with Crippen molar-refractivity contribution < 1.29 is 4.39 Å². The van der Waals surface area contributed by atoms with Gasteiger partial charge in [0.1, 0.15) is 5.82 Å². The van der Waals surface area contributed by atoms with E-state index in [1.165, 1.54) is 49.8 Å². The lowest BCUT2D eigenvalue weighted by Gasteiger charge is -2.28. The van der Waals surface area contributed by atoms with Crippen molar-refractivity contribution in [1.82, 2.24) is 5.32 Å². The standard InChI is InChI=1S/C15H22FN/c1-2-12-5-9-15(10-6-12)17-11-13-3-7-14(16)8-4-13/h3-4,7-8,12,15,17H,2,5-6,9-11H2,1H3. The van der Waals surface area contributed by atoms with Crippen LogP contribution in [-0.2, 0) is 6.54 Å². The van der Waals surface area contributed by atoms with Crippen LogP contribution in [0.15, 0.2) is 24.3 Å². The van der Waals surface area contributed by atoms with Gasteiger partial charge in [-0.1, -0.05) is 25.5 Å². The average Bonchev–Trinajstić information content (AvgIpc) is 2.39. The first-order valence-corrected chi connectivity index (χ1v) is 6.75. The second-order valence-corrected chi connectivity index (χ2v) is 5.13. The fourth-order valence-electron chi connectivity index (χ4n) is 2.64. The van der Waals surface area contributed by atoms with Crippen molar-refractivity contribution in [3.8, 4) is 0 Å². The maximum Gasteiger partial charge on any atom is 0.123 e. The zero-order chi connectivity index (χ0) is 12.1. The summed E-state index contributed by atoms with van der Waals surface area (Å²) in [6.07, 6.45) is 6.62. The molecule has 2 heteroatoms. The van der Waals surface area contributed by atoms with Crippen LogP contribution in [0.1, 0.15) is 44.6 Å². The molecule has 2 rings (SSSR count). The molecule has 0 spiro atoms. The van der Waals surface area contributed by atoms with E-state index in [-0.39, 0.29) is 5.82 Å². The number of nitrogens with one attached hydrogen (secondary N) is 1. The molecule has 1 aliphatic rings. The molecule has 17 heavy (non-hydrogen) atoms. The fourth-order valence-corrected chi connectivity index (χ4v) is 2.64. The van der Waals surface area contributed by atoms with Gasteiger partial charge in [-0.25, -0.2) is 4.39 Å². The van der Waals surface area contributed by atoms with E-state index in [0.29, 0.717) is 6.04 Å². The van der Waals surface area contributed by atoms with Gasteiger partial charge < -0.3 is 5.32 Å². The molecule has 0 bridgehead atoms. The predicted molar refractivity (Wildman–Crippen MR) is 69.3 cm³/mol. The molecule has 1 saturated carbocycles. The summed E-state index contributed by atoms with van der Waals surface area (Å²) in [6.45, 7) is 3.15. The van der Waals surface area contributed by atoms with E-state index in [0.717, 1.165) is 12.5 Å². The summed E-state index contributed by atoms with van der Waals surface area (Å²) < 4.78 is 12.7. The highest BCUT2D eigenvalue weighted by molar-refractivity contribution is 5.15. The van der Waals surface area contributed by atoms with Crippen molar-refractivity contribution in [2.24, 2.45) is 5.92 Å². The fraction of sp³-hybridized carbons (Fsp3) is 0.600. The molecule has 1 fully saturated rings. The maximum absolute atomic E-state index is 12.7. The van der Waals surface area contributed by atoms with Crippen molar-refractivity contribution in [1.29, 1.82) is 0 Å². The van der Waals surface area contributed by atoms with Crippen molar-refractivity contribution >= 4 is 0 Å². The third-order valence-corrected chi connectivity index (χ3v) is 3.93. The van der Waals surface area contributed by atoms with Gasteiger partial charge in [-0.05, 0) is 49.3 Å². The lowest BCUT2D eigenvalue weighted by atomic mass is 9.84. The Morgan fingerprint density at radius 3 is 2.35 bits per heavy atom. The summed E-state index contributed by atoms with van der Waals surface area (Å²) in [4.78, 5) is 0. The van der Waals surface area contributed by atoms with Crippen LogP contribution in [0.25, 0.3) is 0 Å². The first kappa shape index (κ1) is 12.6. The lowest BCUT2D eigenvalue weighted by Crippen LogP contribution is -2.32. The van der Waals surface area contributed by atoms with E-state index in [4.69, 9.17) is 0 Å². The van der Waals surface area contributed by atoms with Crippen LogP contribution in [-0.4, -0.2) is 6.04 Å². The number of benzene rings is 1. The SMILES string of the molecule is CCC1CCC(NCc2ccc(F)cc2)CC1. The summed E-state index contributed by atoms with van der Waals surface area (Å²) in [5, 5.41) is 3.58. The Bertz CT molecular complexity index is 325. The zero-order valence-electron chi connectivity index (χ0n) is 10.6. The van der Waals surface area contributed by atoms with Crippen LogP contribution in [0.5, 0.6) is 0 Å². The van der Waals surface area contributed by atoms with Crippen LogP contribution in [0.4, 0.5) is 4.39 Å². The number of hydrogen-bond acceptors (Lipinski definition) is 1. The molecule has 0 amide bonds. The number of rotatable bonds is 4. The largest absolute Gasteiger partial charge is 0.310 e. The molecule has 0 atom stereocenters. The zero-order valence-corrected chi connectivity index (χ0v) is 10.6. The Morgan fingerprint density at radius 2 is 1.76 bits per heavy atom. The first-order chi connectivity index (χ1) is 8.28. The molecule has 1 N–H and O–H groups in total. The van der Waals surface area contributed by atoms with E-state index in [2.05, 4.69) is 12.2 Å². The van der Waals surface area contributed by atoms with Gasteiger partial charge in [-0.3, -0.25) is 0 Å². The molecule has 0 unspecified atom stereocenters. The molecule has 0 radical (unpaired) electrons. The molecule has 0 heterocycles. The minimum absolute atomic E-state index is 0.155. The lowest BCUT2D eigenvalue weighted by molar-refractivity contribution is 0.285. The van der Waals surface area contributed by atoms with Crippen LogP contribution < -0.4 is 5.32 Å². The molecule has 1 aromatic carbocycles. The molecule has 0 saturated heterocycles. The highest BCUT2D eigenvalue weighted by atomic mass is 19.1. The van der Waals surface area contributed by atoms with Gasteiger partial charge in [0, 0.05) is 12.6 Å². The third-order valence-electron chi connectivity index (χ3n) is 3.93. The van der Waals surface area contributed by atoms with Crippen molar-refractivity contribution in [2.75, 3.05) is 0 Å². The van der Waals surface area contributed by atoms with Crippen LogP contribution in [0.2, 0.25) is 0 Å². The highest BCUT2D eigenvalue weighted by Gasteiger charge is 2.19. The van der Waals surface area contributed by atoms with E-state index in [9.17, 15) is 4.39 Å². The molecular weight excluding hydrogens is 213 g/mol. The first-order valence-electron chi connectivity index (χ1n) is 6.75. The molecule has 1 nitrogen and oxygen atoms in total. The average molecular weight is 235 g/mol. The Morgan fingerprint density at radius 1 is 1.12 bits per heavy atom. The van der Waals surface area contributed by atoms with Crippen molar-refractivity contribution in [3.63, 3.8) is 0 Å². The molecule has 1 aliphatic carbocycles. The Kier molecular flexibility index (Phi) is 4.55. The minimum Gasteiger partial charge on any atom is -0.310 e. The van der Waals surface area contributed by atoms with E-state index in [1.807, 2.05) is 12.1 Å². The van der Waals surface area contributed by atoms with Crippen molar-refractivity contribution in [3.05, 3.63) is 35.6 Å². The van der Waals surface area contributed by atoms with E-state index >= 15 is 0 Å². The molecule has 0 aliphatic heterocycles. The van der Waals surface area contributed by atoms with Crippen LogP contribution in [0, 0.1) is 11.7 Å². The quantitative estimate of drug-likeness (QED) is 0.835. The molecule has 1 aromatic rings. The monoisotopic (exact) mass is 235 g/mol. The molecule has 0 aromatic heterocycles. The molecular formula is C15H22FN. The summed E-state index contributed by atoms with van der Waals surface area (Å²) in [5.74, 6) is 0.788. The van der Waals surface area contributed by atoms with Crippen molar-refractivity contribution in [2.45, 2.75) is 51.6 Å². The smallest absolute Gasteiger partial charge is 0.123 e. The third kappa shape index (κ3) is 3.81. The Balaban J connectivity index is 1.74. The summed E-state index contributed by atoms with van der Waals surface area (Å²) in [7, 11) is 0. The predicted octanol–water partition coefficient (Wildman–Crippen LogP) is 3.88. The van der Waals surface area contributed by atoms with Gasteiger partial charge in [0.2, 0.25) is 0 Å². The van der Waals surface area contributed by atoms with Crippen LogP contribution in [0.3, 0.4) is 0 Å². The van der Waals surface area contributed by atoms with Gasteiger partial charge in [0.15, 0.2) is 0 Å². The van der Waals surface area contributed by atoms with E-state index in [1.54, 1.807) is 0 Å². The highest BCUT2D eigenvalue weighted by Crippen LogP contribution is 2.26. The normalized spacial score (nSPS) is 24.8. The second-order valence-electron chi connectivity index (χ2n) is 5.13. The number of halogens is 1. The minimum atomic E-state index is -0.155. The summed E-state index contributed by atoms with van der Waals surface area (Å²) >= 11 is 0. The Hall–Kier alpha value is -0.890. The second kappa shape index (κ2) is 6.15. The molecule has 94 valence electrons. The van der Waals surface area contributed by atoms with Gasteiger partial charge >= 0.3 is 0 Å². The van der Waals surface area contributed by atoms with Gasteiger partial charge in [0.05, 0.1) is 0 Å². The van der Waals surface area contributed by atoms with Gasteiger partial charge in [-0.15, -0.1) is 0 Å². The Labute approximate surface area is 103 Å². The summed E-state index contributed by atoms with van der Waals surface area (Å²) in [6, 6.07) is 7.44. The van der Waals surface area contributed by atoms with Gasteiger partial charge in [0.25, 0.3) is 0 Å². The van der Waals surface area contributed by atoms with Crippen LogP contribution >= 0.6 is 0 Å². The number of hydrogen-bond donors (Lipinski definition) is 1. The van der Waals surface area contributed by atoms with Gasteiger partial charge in [-0.2, -0.15) is 0 Å².